The SMILES string of the molecule is COCCN(CCN1CCOCC1)CC1CCCN1. The molecule has 5 nitrogen and oxygen atoms in total. The second-order valence-corrected chi connectivity index (χ2v) is 5.54. The number of ether oxygens (including phenoxy) is 2. The van der Waals surface area contributed by atoms with Crippen molar-refractivity contribution in [1.82, 2.24) is 15.1 Å². The summed E-state index contributed by atoms with van der Waals surface area (Å²) in [5.74, 6) is 0. The van der Waals surface area contributed by atoms with Gasteiger partial charge in [0.2, 0.25) is 0 Å². The molecule has 2 fully saturated rings. The summed E-state index contributed by atoms with van der Waals surface area (Å²) in [6, 6.07) is 0.682. The fraction of sp³-hybridized carbons (Fsp3) is 1.00. The molecule has 2 aliphatic rings. The molecule has 2 rings (SSSR count). The minimum atomic E-state index is 0.682. The third-order valence-electron chi connectivity index (χ3n) is 4.09. The molecule has 19 heavy (non-hydrogen) atoms. The van der Waals surface area contributed by atoms with Gasteiger partial charge in [0.1, 0.15) is 0 Å². The van der Waals surface area contributed by atoms with Crippen molar-refractivity contribution in [2.45, 2.75) is 18.9 Å². The van der Waals surface area contributed by atoms with Crippen molar-refractivity contribution in [1.29, 1.82) is 0 Å². The van der Waals surface area contributed by atoms with Crippen molar-refractivity contribution in [3.8, 4) is 0 Å². The van der Waals surface area contributed by atoms with Crippen molar-refractivity contribution in [3.05, 3.63) is 0 Å². The molecule has 0 radical (unpaired) electrons. The molecule has 2 saturated heterocycles. The maximum absolute atomic E-state index is 5.39. The van der Waals surface area contributed by atoms with Gasteiger partial charge in [-0.1, -0.05) is 0 Å². The van der Waals surface area contributed by atoms with Gasteiger partial charge in [-0.2, -0.15) is 0 Å². The van der Waals surface area contributed by atoms with Gasteiger partial charge < -0.3 is 14.8 Å². The van der Waals surface area contributed by atoms with E-state index < -0.39 is 0 Å². The van der Waals surface area contributed by atoms with Gasteiger partial charge in [-0.3, -0.25) is 9.80 Å². The van der Waals surface area contributed by atoms with Crippen LogP contribution in [0.3, 0.4) is 0 Å². The van der Waals surface area contributed by atoms with Crippen LogP contribution in [0, 0.1) is 0 Å². The van der Waals surface area contributed by atoms with Crippen LogP contribution in [-0.2, 0) is 9.47 Å². The van der Waals surface area contributed by atoms with Crippen LogP contribution in [-0.4, -0.2) is 88.6 Å². The first-order chi connectivity index (χ1) is 9.38. The van der Waals surface area contributed by atoms with Gasteiger partial charge in [0.05, 0.1) is 19.8 Å². The summed E-state index contributed by atoms with van der Waals surface area (Å²) in [5, 5.41) is 3.59. The minimum Gasteiger partial charge on any atom is -0.383 e. The van der Waals surface area contributed by atoms with Crippen molar-refractivity contribution in [2.24, 2.45) is 0 Å². The Balaban J connectivity index is 1.68. The summed E-state index contributed by atoms with van der Waals surface area (Å²) >= 11 is 0. The standard InChI is InChI=1S/C14H29N3O2/c1-18-10-7-17(13-14-3-2-4-15-14)6-5-16-8-11-19-12-9-16/h14-15H,2-13H2,1H3. The highest BCUT2D eigenvalue weighted by atomic mass is 16.5. The number of morpholine rings is 1. The van der Waals surface area contributed by atoms with E-state index in [4.69, 9.17) is 9.47 Å². The highest BCUT2D eigenvalue weighted by Gasteiger charge is 2.18. The Morgan fingerprint density at radius 1 is 1.32 bits per heavy atom. The Morgan fingerprint density at radius 2 is 2.16 bits per heavy atom. The van der Waals surface area contributed by atoms with E-state index in [2.05, 4.69) is 15.1 Å². The highest BCUT2D eigenvalue weighted by Crippen LogP contribution is 2.07. The maximum Gasteiger partial charge on any atom is 0.0594 e. The first-order valence-corrected chi connectivity index (χ1v) is 7.63. The number of hydrogen-bond donors (Lipinski definition) is 1. The summed E-state index contributed by atoms with van der Waals surface area (Å²) in [5.41, 5.74) is 0. The normalized spacial score (nSPS) is 25.3. The summed E-state index contributed by atoms with van der Waals surface area (Å²) in [6.45, 7) is 10.5. The lowest BCUT2D eigenvalue weighted by molar-refractivity contribution is 0.0314. The Bertz CT molecular complexity index is 229. The number of hydrogen-bond acceptors (Lipinski definition) is 5. The molecule has 1 N–H and O–H groups in total. The lowest BCUT2D eigenvalue weighted by Gasteiger charge is -2.31. The van der Waals surface area contributed by atoms with Crippen LogP contribution < -0.4 is 5.32 Å². The topological polar surface area (TPSA) is 37.0 Å². The minimum absolute atomic E-state index is 0.682. The zero-order valence-corrected chi connectivity index (χ0v) is 12.3. The van der Waals surface area contributed by atoms with Crippen LogP contribution in [0.4, 0.5) is 0 Å². The molecule has 0 aliphatic carbocycles. The first kappa shape index (κ1) is 15.2. The van der Waals surface area contributed by atoms with Crippen molar-refractivity contribution >= 4 is 0 Å². The zero-order valence-electron chi connectivity index (χ0n) is 12.3. The largest absolute Gasteiger partial charge is 0.383 e. The summed E-state index contributed by atoms with van der Waals surface area (Å²) in [6.07, 6.45) is 2.65. The lowest BCUT2D eigenvalue weighted by Crippen LogP contribution is -2.45. The van der Waals surface area contributed by atoms with Crippen LogP contribution in [0.15, 0.2) is 0 Å². The molecule has 0 aromatic carbocycles. The van der Waals surface area contributed by atoms with Gasteiger partial charge >= 0.3 is 0 Å². The molecule has 2 heterocycles. The van der Waals surface area contributed by atoms with Gasteiger partial charge in [0, 0.05) is 52.4 Å². The predicted molar refractivity (Wildman–Crippen MR) is 76.6 cm³/mol. The number of nitrogens with zero attached hydrogens (tertiary/aromatic N) is 2. The van der Waals surface area contributed by atoms with Gasteiger partial charge in [-0.25, -0.2) is 0 Å². The van der Waals surface area contributed by atoms with Crippen molar-refractivity contribution in [3.63, 3.8) is 0 Å². The third-order valence-corrected chi connectivity index (χ3v) is 4.09. The van der Waals surface area contributed by atoms with Crippen LogP contribution in [0.25, 0.3) is 0 Å². The number of nitrogens with one attached hydrogen (secondary N) is 1. The van der Waals surface area contributed by atoms with E-state index in [0.29, 0.717) is 6.04 Å². The molecule has 0 aromatic rings. The van der Waals surface area contributed by atoms with Crippen LogP contribution in [0.5, 0.6) is 0 Å². The Hall–Kier alpha value is -0.200. The van der Waals surface area contributed by atoms with E-state index >= 15 is 0 Å². The fourth-order valence-corrected chi connectivity index (χ4v) is 2.85. The Labute approximate surface area is 117 Å². The molecule has 0 aromatic heterocycles. The van der Waals surface area contributed by atoms with Crippen LogP contribution in [0.1, 0.15) is 12.8 Å². The predicted octanol–water partition coefficient (Wildman–Crippen LogP) is 0.0190. The van der Waals surface area contributed by atoms with Crippen LogP contribution >= 0.6 is 0 Å². The molecule has 112 valence electrons. The van der Waals surface area contributed by atoms with E-state index in [9.17, 15) is 0 Å². The van der Waals surface area contributed by atoms with Gasteiger partial charge in [-0.05, 0) is 19.4 Å². The molecule has 1 atom stereocenters. The smallest absolute Gasteiger partial charge is 0.0594 e. The lowest BCUT2D eigenvalue weighted by atomic mass is 10.2. The summed E-state index contributed by atoms with van der Waals surface area (Å²) < 4.78 is 10.6. The molecule has 2 aliphatic heterocycles. The molecule has 0 amide bonds. The average Bonchev–Trinajstić information content (AvgIpc) is 2.96. The summed E-state index contributed by atoms with van der Waals surface area (Å²) in [4.78, 5) is 5.05. The van der Waals surface area contributed by atoms with E-state index in [0.717, 1.165) is 59.1 Å². The average molecular weight is 271 g/mol. The molecule has 5 heteroatoms. The Morgan fingerprint density at radius 3 is 2.84 bits per heavy atom. The molecule has 0 bridgehead atoms. The van der Waals surface area contributed by atoms with Crippen LogP contribution in [0.2, 0.25) is 0 Å². The van der Waals surface area contributed by atoms with Gasteiger partial charge in [0.15, 0.2) is 0 Å². The number of methoxy groups -OCH3 is 1. The van der Waals surface area contributed by atoms with E-state index in [1.54, 1.807) is 7.11 Å². The molecular formula is C14H29N3O2. The van der Waals surface area contributed by atoms with E-state index in [1.165, 1.54) is 19.4 Å². The van der Waals surface area contributed by atoms with E-state index in [1.807, 2.05) is 0 Å². The van der Waals surface area contributed by atoms with E-state index in [-0.39, 0.29) is 0 Å². The second-order valence-electron chi connectivity index (χ2n) is 5.54. The first-order valence-electron chi connectivity index (χ1n) is 7.63. The Kier molecular flexibility index (Phi) is 7.09. The molecule has 0 saturated carbocycles. The van der Waals surface area contributed by atoms with Gasteiger partial charge in [-0.15, -0.1) is 0 Å². The highest BCUT2D eigenvalue weighted by molar-refractivity contribution is 4.78. The zero-order chi connectivity index (χ0) is 13.3. The van der Waals surface area contributed by atoms with Crippen molar-refractivity contribution < 1.29 is 9.47 Å². The maximum atomic E-state index is 5.39. The second kappa shape index (κ2) is 8.87. The molecule has 0 spiro atoms. The quantitative estimate of drug-likeness (QED) is 0.673. The summed E-state index contributed by atoms with van der Waals surface area (Å²) in [7, 11) is 1.79. The molecule has 1 unspecified atom stereocenters. The third kappa shape index (κ3) is 5.75. The fourth-order valence-electron chi connectivity index (χ4n) is 2.85. The monoisotopic (exact) mass is 271 g/mol. The van der Waals surface area contributed by atoms with Crippen molar-refractivity contribution in [2.75, 3.05) is 72.7 Å². The van der Waals surface area contributed by atoms with Gasteiger partial charge in [0.25, 0.3) is 0 Å². The molecular weight excluding hydrogens is 242 g/mol. The number of rotatable bonds is 8.